The van der Waals surface area contributed by atoms with E-state index in [2.05, 4.69) is 16.0 Å². The summed E-state index contributed by atoms with van der Waals surface area (Å²) in [5.74, 6) is -4.16. The van der Waals surface area contributed by atoms with Crippen molar-refractivity contribution in [2.24, 2.45) is 0 Å². The van der Waals surface area contributed by atoms with Crippen molar-refractivity contribution in [2.75, 3.05) is 26.7 Å². The highest BCUT2D eigenvalue weighted by atomic mass is 19.1. The molecule has 3 aliphatic rings. The van der Waals surface area contributed by atoms with Crippen LogP contribution in [0.3, 0.4) is 0 Å². The van der Waals surface area contributed by atoms with Crippen molar-refractivity contribution in [3.63, 3.8) is 0 Å². The lowest BCUT2D eigenvalue weighted by Crippen LogP contribution is -2.66. The molecule has 1 aromatic rings. The van der Waals surface area contributed by atoms with Crippen LogP contribution in [0, 0.1) is 5.82 Å². The maximum atomic E-state index is 14.4. The minimum absolute atomic E-state index is 0.113. The molecule has 5 amide bonds. The van der Waals surface area contributed by atoms with Gasteiger partial charge in [0.25, 0.3) is 0 Å². The first-order valence-corrected chi connectivity index (χ1v) is 19.3. The zero-order valence-electron chi connectivity index (χ0n) is 32.1. The quantitative estimate of drug-likeness (QED) is 0.149. The smallest absolute Gasteiger partial charge is 0.328 e. The van der Waals surface area contributed by atoms with Gasteiger partial charge in [0.05, 0.1) is 11.6 Å². The van der Waals surface area contributed by atoms with Gasteiger partial charge in [-0.2, -0.15) is 0 Å². The number of esters is 1. The summed E-state index contributed by atoms with van der Waals surface area (Å²) in [4.78, 5) is 87.1. The highest BCUT2D eigenvalue weighted by Crippen LogP contribution is 2.31. The molecule has 0 aromatic heterocycles. The van der Waals surface area contributed by atoms with Gasteiger partial charge in [0.2, 0.25) is 29.5 Å². The molecule has 3 heterocycles. The number of halogens is 1. The fourth-order valence-corrected chi connectivity index (χ4v) is 7.76. The predicted octanol–water partition coefficient (Wildman–Crippen LogP) is 1.94. The molecule has 15 heteroatoms. The molecule has 0 aliphatic carbocycles. The van der Waals surface area contributed by atoms with Gasteiger partial charge in [0.1, 0.15) is 42.8 Å². The Morgan fingerprint density at radius 1 is 1.04 bits per heavy atom. The Morgan fingerprint density at radius 2 is 1.70 bits per heavy atom. The average molecular weight is 757 g/mol. The van der Waals surface area contributed by atoms with E-state index < -0.39 is 89.9 Å². The van der Waals surface area contributed by atoms with E-state index in [1.165, 1.54) is 39.0 Å². The van der Waals surface area contributed by atoms with E-state index in [4.69, 9.17) is 4.74 Å². The summed E-state index contributed by atoms with van der Waals surface area (Å²) < 4.78 is 19.8. The van der Waals surface area contributed by atoms with Gasteiger partial charge < -0.3 is 35.2 Å². The molecule has 0 spiro atoms. The fraction of sp³-hybridized carbons (Fsp3) is 0.641. The summed E-state index contributed by atoms with van der Waals surface area (Å²) in [6.07, 6.45) is 6.33. The molecule has 14 nitrogen and oxygen atoms in total. The molecule has 1 aromatic carbocycles. The molecule has 0 radical (unpaired) electrons. The van der Waals surface area contributed by atoms with Crippen molar-refractivity contribution in [1.29, 1.82) is 0 Å². The van der Waals surface area contributed by atoms with Crippen LogP contribution in [0.2, 0.25) is 0 Å². The number of amides is 5. The number of benzene rings is 1. The number of nitrogens with one attached hydrogen (secondary N) is 3. The third kappa shape index (κ3) is 9.83. The molecule has 0 saturated carbocycles. The minimum atomic E-state index is -1.47. The summed E-state index contributed by atoms with van der Waals surface area (Å²) in [5.41, 5.74) is -0.730. The number of rotatable bonds is 11. The first-order valence-electron chi connectivity index (χ1n) is 19.3. The van der Waals surface area contributed by atoms with Crippen LogP contribution in [0.5, 0.6) is 0 Å². The van der Waals surface area contributed by atoms with Gasteiger partial charge >= 0.3 is 5.97 Å². The van der Waals surface area contributed by atoms with Crippen molar-refractivity contribution in [3.05, 3.63) is 47.8 Å². The number of aliphatic hydroxyl groups is 1. The van der Waals surface area contributed by atoms with E-state index in [1.807, 2.05) is 20.8 Å². The number of aliphatic hydroxyl groups excluding tert-OH is 1. The second-order valence-electron chi connectivity index (χ2n) is 14.5. The van der Waals surface area contributed by atoms with E-state index in [0.717, 1.165) is 12.8 Å². The Bertz CT molecular complexity index is 1550. The van der Waals surface area contributed by atoms with Gasteiger partial charge in [0.15, 0.2) is 0 Å². The molecule has 1 unspecified atom stereocenters. The van der Waals surface area contributed by atoms with Crippen molar-refractivity contribution in [2.45, 2.75) is 134 Å². The Labute approximate surface area is 317 Å². The van der Waals surface area contributed by atoms with Crippen LogP contribution in [0.25, 0.3) is 0 Å². The molecular formula is C39H57FN6O8. The van der Waals surface area contributed by atoms with E-state index in [9.17, 15) is 38.3 Å². The number of likely N-dealkylation sites (N-methyl/N-ethyl adjacent to an activating group) is 1. The summed E-state index contributed by atoms with van der Waals surface area (Å²) >= 11 is 0. The Hall–Kier alpha value is -4.37. The van der Waals surface area contributed by atoms with Crippen molar-refractivity contribution in [1.82, 2.24) is 30.7 Å². The van der Waals surface area contributed by atoms with Gasteiger partial charge in [-0.15, -0.1) is 0 Å². The van der Waals surface area contributed by atoms with Crippen LogP contribution in [0.1, 0.15) is 91.0 Å². The van der Waals surface area contributed by atoms with Crippen LogP contribution in [0.4, 0.5) is 4.39 Å². The van der Waals surface area contributed by atoms with Crippen molar-refractivity contribution >= 4 is 35.5 Å². The number of cyclic esters (lactones) is 1. The molecule has 54 heavy (non-hydrogen) atoms. The Morgan fingerprint density at radius 3 is 2.35 bits per heavy atom. The second-order valence-corrected chi connectivity index (χ2v) is 14.5. The first-order chi connectivity index (χ1) is 25.8. The highest BCUT2D eigenvalue weighted by molar-refractivity contribution is 5.96. The topological polar surface area (TPSA) is 178 Å². The van der Waals surface area contributed by atoms with E-state index in [1.54, 1.807) is 26.1 Å². The number of nitrogens with zero attached hydrogens (tertiary/aromatic N) is 3. The lowest BCUT2D eigenvalue weighted by atomic mass is 9.87. The molecule has 3 fully saturated rings. The number of hydrogen-bond donors (Lipinski definition) is 4. The van der Waals surface area contributed by atoms with Gasteiger partial charge in [-0.25, -0.2) is 9.18 Å². The van der Waals surface area contributed by atoms with Crippen molar-refractivity contribution < 1.29 is 43.0 Å². The SMILES string of the molecule is CCCC/C=C/C(=O)N[C@@H](Cc1cccc(F)c1)C(=O)N[C@H]1COC(=O)[C@@H]2CCCN2C(=O)[C@H](C)NC(O)C(CC)(CC)N(C)C(=O)[C@@H]2CCCN2C1=O. The van der Waals surface area contributed by atoms with Crippen LogP contribution in [0.15, 0.2) is 36.4 Å². The zero-order valence-corrected chi connectivity index (χ0v) is 32.1. The number of ether oxygens (including phenoxy) is 1. The third-order valence-electron chi connectivity index (χ3n) is 11.1. The number of carbonyl (C=O) groups excluding carboxylic acids is 6. The number of hydrogen-bond acceptors (Lipinski definition) is 9. The molecule has 0 bridgehead atoms. The first kappa shape index (κ1) is 42.4. The summed E-state index contributed by atoms with van der Waals surface area (Å²) in [6, 6.07) is 0.0492. The fourth-order valence-electron chi connectivity index (χ4n) is 7.76. The van der Waals surface area contributed by atoms with Gasteiger partial charge in [-0.05, 0) is 75.6 Å². The second kappa shape index (κ2) is 19.3. The van der Waals surface area contributed by atoms with E-state index >= 15 is 0 Å². The number of unbranched alkanes of at least 4 members (excludes halogenated alkanes) is 2. The summed E-state index contributed by atoms with van der Waals surface area (Å²) in [5, 5.41) is 19.9. The normalized spacial score (nSPS) is 26.1. The Kier molecular flexibility index (Phi) is 15.1. The van der Waals surface area contributed by atoms with Crippen LogP contribution >= 0.6 is 0 Å². The lowest BCUT2D eigenvalue weighted by molar-refractivity contribution is -0.160. The molecule has 3 aliphatic heterocycles. The lowest BCUT2D eigenvalue weighted by Gasteiger charge is -2.46. The average Bonchev–Trinajstić information content (AvgIpc) is 3.85. The summed E-state index contributed by atoms with van der Waals surface area (Å²) in [7, 11) is 1.57. The molecule has 298 valence electrons. The predicted molar refractivity (Wildman–Crippen MR) is 198 cm³/mol. The summed E-state index contributed by atoms with van der Waals surface area (Å²) in [6.45, 7) is 7.13. The third-order valence-corrected chi connectivity index (χ3v) is 11.1. The van der Waals surface area contributed by atoms with Crippen LogP contribution in [-0.4, -0.2) is 124 Å². The molecule has 4 rings (SSSR count). The molecule has 3 saturated heterocycles. The molecule has 6 atom stereocenters. The van der Waals surface area contributed by atoms with Crippen LogP contribution in [-0.2, 0) is 39.9 Å². The van der Waals surface area contributed by atoms with E-state index in [0.29, 0.717) is 50.5 Å². The molecular weight excluding hydrogens is 699 g/mol. The largest absolute Gasteiger partial charge is 0.461 e. The number of allylic oxidation sites excluding steroid dienone is 1. The van der Waals surface area contributed by atoms with Gasteiger partial charge in [0, 0.05) is 26.6 Å². The van der Waals surface area contributed by atoms with Crippen molar-refractivity contribution in [3.8, 4) is 0 Å². The number of carbonyl (C=O) groups is 6. The standard InChI is InChI=1S/C39H57FN6O8/c1-6-9-10-11-19-32(47)42-28(23-26-15-12-16-27(40)22-26)33(48)43-29-24-54-37(52)31-18-14-21-46(31)34(49)25(4)41-38(53)39(7-2,8-3)44(5)36(51)30-17-13-20-45(30)35(29)50/h11-12,15-16,19,22,25,28-31,38,41,53H,6-10,13-14,17-18,20-21,23-24H2,1-5H3,(H,42,47)(H,43,48)/b19-11+/t25-,28-,29-,30-,31-,38?/m0/s1. The van der Waals surface area contributed by atoms with Crippen LogP contribution < -0.4 is 16.0 Å². The maximum absolute atomic E-state index is 14.4. The monoisotopic (exact) mass is 756 g/mol. The van der Waals surface area contributed by atoms with Gasteiger partial charge in [-0.3, -0.25) is 29.3 Å². The highest BCUT2D eigenvalue weighted by Gasteiger charge is 2.48. The number of fused-ring (bicyclic) bond motifs is 2. The van der Waals surface area contributed by atoms with Gasteiger partial charge in [-0.1, -0.05) is 51.8 Å². The Balaban J connectivity index is 1.70. The zero-order chi connectivity index (χ0) is 39.6. The molecule has 4 N–H and O–H groups in total. The minimum Gasteiger partial charge on any atom is -0.461 e. The maximum Gasteiger partial charge on any atom is 0.328 e. The van der Waals surface area contributed by atoms with E-state index in [-0.39, 0.29) is 19.5 Å².